The molecule has 0 aliphatic heterocycles. The molecular weight excluding hydrogens is 432 g/mol. The van der Waals surface area contributed by atoms with Gasteiger partial charge in [0.1, 0.15) is 5.82 Å². The standard InChI is InChI=1S/C19H24FN3O.HI/c1-13-6-4-5-7-17(13)14(2)23-19(21-3)22-11-15-8-9-18(20)16(10-15)12-24;/h4-10,14,24H,11-12H2,1-3H3,(H2,21,22,23);1H. The van der Waals surface area contributed by atoms with Gasteiger partial charge in [-0.25, -0.2) is 4.39 Å². The molecule has 6 heteroatoms. The molecule has 0 saturated carbocycles. The zero-order chi connectivity index (χ0) is 17.5. The fraction of sp³-hybridized carbons (Fsp3) is 0.316. The van der Waals surface area contributed by atoms with E-state index in [9.17, 15) is 4.39 Å². The Kier molecular flexibility index (Phi) is 8.85. The van der Waals surface area contributed by atoms with Crippen LogP contribution >= 0.6 is 24.0 Å². The fourth-order valence-electron chi connectivity index (χ4n) is 2.60. The molecule has 136 valence electrons. The molecule has 0 fully saturated rings. The van der Waals surface area contributed by atoms with Gasteiger partial charge in [-0.3, -0.25) is 4.99 Å². The number of aliphatic hydroxyl groups excluding tert-OH is 1. The Balaban J connectivity index is 0.00000312. The Labute approximate surface area is 165 Å². The Bertz CT molecular complexity index is 722. The largest absolute Gasteiger partial charge is 0.392 e. The van der Waals surface area contributed by atoms with Gasteiger partial charge in [-0.2, -0.15) is 0 Å². The predicted octanol–water partition coefficient (Wildman–Crippen LogP) is 3.67. The van der Waals surface area contributed by atoms with E-state index in [1.165, 1.54) is 17.2 Å². The summed E-state index contributed by atoms with van der Waals surface area (Å²) in [5, 5.41) is 15.7. The van der Waals surface area contributed by atoms with Gasteiger partial charge >= 0.3 is 0 Å². The van der Waals surface area contributed by atoms with Crippen molar-refractivity contribution < 1.29 is 9.50 Å². The summed E-state index contributed by atoms with van der Waals surface area (Å²) in [6.45, 7) is 4.35. The molecule has 1 atom stereocenters. The number of nitrogens with zero attached hydrogens (tertiary/aromatic N) is 1. The highest BCUT2D eigenvalue weighted by atomic mass is 127. The Morgan fingerprint density at radius 3 is 2.60 bits per heavy atom. The first kappa shape index (κ1) is 21.4. The minimum Gasteiger partial charge on any atom is -0.392 e. The number of hydrogen-bond donors (Lipinski definition) is 3. The molecule has 3 N–H and O–H groups in total. The summed E-state index contributed by atoms with van der Waals surface area (Å²) in [7, 11) is 1.71. The molecule has 0 bridgehead atoms. The van der Waals surface area contributed by atoms with Crippen molar-refractivity contribution in [1.29, 1.82) is 0 Å². The van der Waals surface area contributed by atoms with Gasteiger partial charge in [0.2, 0.25) is 0 Å². The molecule has 0 aliphatic carbocycles. The van der Waals surface area contributed by atoms with E-state index in [2.05, 4.69) is 41.6 Å². The summed E-state index contributed by atoms with van der Waals surface area (Å²) < 4.78 is 13.4. The third-order valence-electron chi connectivity index (χ3n) is 3.97. The molecule has 1 unspecified atom stereocenters. The third kappa shape index (κ3) is 5.97. The molecule has 0 aliphatic rings. The van der Waals surface area contributed by atoms with E-state index < -0.39 is 5.82 Å². The fourth-order valence-corrected chi connectivity index (χ4v) is 2.60. The monoisotopic (exact) mass is 457 g/mol. The van der Waals surface area contributed by atoms with Crippen LogP contribution in [0.5, 0.6) is 0 Å². The number of aliphatic hydroxyl groups is 1. The van der Waals surface area contributed by atoms with Crippen LogP contribution in [0.2, 0.25) is 0 Å². The Morgan fingerprint density at radius 2 is 1.96 bits per heavy atom. The molecule has 0 saturated heterocycles. The molecule has 2 rings (SSSR count). The zero-order valence-electron chi connectivity index (χ0n) is 14.7. The molecule has 0 heterocycles. The van der Waals surface area contributed by atoms with Crippen LogP contribution in [0.1, 0.15) is 35.2 Å². The van der Waals surface area contributed by atoms with E-state index in [4.69, 9.17) is 5.11 Å². The summed E-state index contributed by atoms with van der Waals surface area (Å²) >= 11 is 0. The second kappa shape index (κ2) is 10.4. The molecule has 2 aromatic carbocycles. The first-order valence-electron chi connectivity index (χ1n) is 7.96. The zero-order valence-corrected chi connectivity index (χ0v) is 17.0. The SMILES string of the molecule is CN=C(NCc1ccc(F)c(CO)c1)NC(C)c1ccccc1C.I. The number of aliphatic imine (C=N–C) groups is 1. The van der Waals surface area contributed by atoms with Gasteiger partial charge in [0.15, 0.2) is 5.96 Å². The smallest absolute Gasteiger partial charge is 0.191 e. The normalized spacial score (nSPS) is 12.3. The molecule has 4 nitrogen and oxygen atoms in total. The number of nitrogens with one attached hydrogen (secondary N) is 2. The van der Waals surface area contributed by atoms with Gasteiger partial charge in [-0.1, -0.05) is 30.3 Å². The lowest BCUT2D eigenvalue weighted by atomic mass is 10.0. The summed E-state index contributed by atoms with van der Waals surface area (Å²) in [6.07, 6.45) is 0. The van der Waals surface area contributed by atoms with Crippen molar-refractivity contribution in [3.05, 3.63) is 70.5 Å². The van der Waals surface area contributed by atoms with Crippen LogP contribution in [0.3, 0.4) is 0 Å². The summed E-state index contributed by atoms with van der Waals surface area (Å²) in [4.78, 5) is 4.23. The van der Waals surface area contributed by atoms with Crippen LogP contribution in [-0.4, -0.2) is 18.1 Å². The van der Waals surface area contributed by atoms with E-state index in [1.807, 2.05) is 12.1 Å². The second-order valence-corrected chi connectivity index (χ2v) is 5.73. The van der Waals surface area contributed by atoms with E-state index in [-0.39, 0.29) is 36.6 Å². The van der Waals surface area contributed by atoms with Crippen LogP contribution in [-0.2, 0) is 13.2 Å². The highest BCUT2D eigenvalue weighted by Crippen LogP contribution is 2.16. The summed E-state index contributed by atoms with van der Waals surface area (Å²) in [5.74, 6) is 0.276. The van der Waals surface area contributed by atoms with Gasteiger partial charge in [-0.15, -0.1) is 24.0 Å². The second-order valence-electron chi connectivity index (χ2n) is 5.73. The van der Waals surface area contributed by atoms with E-state index in [0.717, 1.165) is 5.56 Å². The maximum atomic E-state index is 13.4. The van der Waals surface area contributed by atoms with Crippen molar-refractivity contribution in [3.63, 3.8) is 0 Å². The topological polar surface area (TPSA) is 56.7 Å². The van der Waals surface area contributed by atoms with Crippen molar-refractivity contribution in [3.8, 4) is 0 Å². The van der Waals surface area contributed by atoms with E-state index in [1.54, 1.807) is 19.2 Å². The van der Waals surface area contributed by atoms with Gasteiger partial charge in [0, 0.05) is 19.2 Å². The average molecular weight is 457 g/mol. The highest BCUT2D eigenvalue weighted by Gasteiger charge is 2.10. The van der Waals surface area contributed by atoms with Crippen LogP contribution in [0.4, 0.5) is 4.39 Å². The average Bonchev–Trinajstić information content (AvgIpc) is 2.59. The molecule has 0 aromatic heterocycles. The summed E-state index contributed by atoms with van der Waals surface area (Å²) in [5.41, 5.74) is 3.61. The van der Waals surface area contributed by atoms with Gasteiger partial charge < -0.3 is 15.7 Å². The molecule has 0 radical (unpaired) electrons. The lowest BCUT2D eigenvalue weighted by Gasteiger charge is -2.20. The Morgan fingerprint density at radius 1 is 1.24 bits per heavy atom. The van der Waals surface area contributed by atoms with E-state index in [0.29, 0.717) is 18.1 Å². The first-order valence-corrected chi connectivity index (χ1v) is 7.96. The van der Waals surface area contributed by atoms with Gasteiger partial charge in [0.25, 0.3) is 0 Å². The molecule has 0 amide bonds. The summed E-state index contributed by atoms with van der Waals surface area (Å²) in [6, 6.07) is 13.0. The van der Waals surface area contributed by atoms with Crippen LogP contribution < -0.4 is 10.6 Å². The number of rotatable bonds is 5. The number of hydrogen-bond acceptors (Lipinski definition) is 2. The number of guanidine groups is 1. The van der Waals surface area contributed by atoms with Gasteiger partial charge in [-0.05, 0) is 42.7 Å². The number of aryl methyl sites for hydroxylation is 1. The minimum atomic E-state index is -0.392. The Hall–Kier alpha value is -1.67. The minimum absolute atomic E-state index is 0. The molecular formula is C19H25FIN3O. The van der Waals surface area contributed by atoms with Gasteiger partial charge in [0.05, 0.1) is 12.6 Å². The van der Waals surface area contributed by atoms with Crippen molar-refractivity contribution in [2.45, 2.75) is 33.0 Å². The number of halogens is 2. The van der Waals surface area contributed by atoms with Crippen molar-refractivity contribution in [1.82, 2.24) is 10.6 Å². The highest BCUT2D eigenvalue weighted by molar-refractivity contribution is 14.0. The van der Waals surface area contributed by atoms with E-state index >= 15 is 0 Å². The lowest BCUT2D eigenvalue weighted by molar-refractivity contribution is 0.275. The van der Waals surface area contributed by atoms with Crippen molar-refractivity contribution >= 4 is 29.9 Å². The van der Waals surface area contributed by atoms with Crippen molar-refractivity contribution in [2.24, 2.45) is 4.99 Å². The lowest BCUT2D eigenvalue weighted by Crippen LogP contribution is -2.38. The third-order valence-corrected chi connectivity index (χ3v) is 3.97. The van der Waals surface area contributed by atoms with Crippen LogP contribution in [0.15, 0.2) is 47.5 Å². The predicted molar refractivity (Wildman–Crippen MR) is 111 cm³/mol. The van der Waals surface area contributed by atoms with Crippen LogP contribution in [0.25, 0.3) is 0 Å². The van der Waals surface area contributed by atoms with Crippen LogP contribution in [0, 0.1) is 12.7 Å². The molecule has 0 spiro atoms. The molecule has 2 aromatic rings. The molecule has 25 heavy (non-hydrogen) atoms. The van der Waals surface area contributed by atoms with Crippen molar-refractivity contribution in [2.75, 3.05) is 7.05 Å². The maximum Gasteiger partial charge on any atom is 0.191 e. The maximum absolute atomic E-state index is 13.4. The quantitative estimate of drug-likeness (QED) is 0.365. The number of benzene rings is 2. The first-order chi connectivity index (χ1) is 11.5.